The summed E-state index contributed by atoms with van der Waals surface area (Å²) in [6.45, 7) is 6.94. The van der Waals surface area contributed by atoms with Crippen LogP contribution in [0.15, 0.2) is 30.6 Å². The van der Waals surface area contributed by atoms with Crippen molar-refractivity contribution in [2.75, 3.05) is 46.5 Å². The minimum absolute atomic E-state index is 0.124. The maximum absolute atomic E-state index is 12.8. The number of fused-ring (bicyclic) bond motifs is 3. The Morgan fingerprint density at radius 2 is 2.00 bits per heavy atom. The minimum atomic E-state index is -0.124. The topological polar surface area (TPSA) is 94.4 Å². The lowest BCUT2D eigenvalue weighted by atomic mass is 9.90. The van der Waals surface area contributed by atoms with E-state index in [0.717, 1.165) is 80.4 Å². The van der Waals surface area contributed by atoms with Crippen LogP contribution in [0.1, 0.15) is 33.6 Å². The molecule has 1 saturated heterocycles. The number of nitrogens with zero attached hydrogens (tertiary/aromatic N) is 5. The highest BCUT2D eigenvalue weighted by molar-refractivity contribution is 5.95. The second kappa shape index (κ2) is 9.90. The number of methoxy groups -OCH3 is 1. The Morgan fingerprint density at radius 3 is 2.82 bits per heavy atom. The molecule has 0 unspecified atom stereocenters. The summed E-state index contributed by atoms with van der Waals surface area (Å²) in [4.78, 5) is 24.5. The number of carbonyl (C=O) groups is 1. The smallest absolute Gasteiger partial charge is 0.254 e. The summed E-state index contributed by atoms with van der Waals surface area (Å²) in [5, 5.41) is 7.44. The quantitative estimate of drug-likeness (QED) is 0.538. The number of benzene rings is 1. The van der Waals surface area contributed by atoms with E-state index >= 15 is 0 Å². The van der Waals surface area contributed by atoms with E-state index < -0.39 is 0 Å². The Bertz CT molecular complexity index is 1190. The van der Waals surface area contributed by atoms with Gasteiger partial charge in [0.1, 0.15) is 5.75 Å². The van der Waals surface area contributed by atoms with Crippen LogP contribution in [0, 0.1) is 6.92 Å². The Labute approximate surface area is 199 Å². The van der Waals surface area contributed by atoms with Crippen molar-refractivity contribution in [3.63, 3.8) is 0 Å². The first-order valence-electron chi connectivity index (χ1n) is 11.8. The first kappa shape index (κ1) is 22.5. The molecule has 3 aromatic rings. The zero-order valence-corrected chi connectivity index (χ0v) is 19.7. The molecular weight excluding hydrogens is 432 g/mol. The van der Waals surface area contributed by atoms with Gasteiger partial charge in [0, 0.05) is 31.4 Å². The van der Waals surface area contributed by atoms with Gasteiger partial charge in [-0.1, -0.05) is 0 Å². The van der Waals surface area contributed by atoms with Crippen molar-refractivity contribution in [3.05, 3.63) is 53.0 Å². The largest absolute Gasteiger partial charge is 0.497 e. The lowest BCUT2D eigenvalue weighted by molar-refractivity contribution is 0.0374. The molecule has 0 saturated carbocycles. The molecule has 1 aliphatic carbocycles. The zero-order chi connectivity index (χ0) is 23.5. The van der Waals surface area contributed by atoms with Crippen molar-refractivity contribution in [2.24, 2.45) is 0 Å². The lowest BCUT2D eigenvalue weighted by Crippen LogP contribution is -2.38. The molecule has 3 heterocycles. The molecule has 1 N–H and O–H groups in total. The zero-order valence-electron chi connectivity index (χ0n) is 19.7. The molecule has 1 aromatic carbocycles. The monoisotopic (exact) mass is 462 g/mol. The number of aryl methyl sites for hydroxylation is 2. The van der Waals surface area contributed by atoms with E-state index in [1.54, 1.807) is 18.0 Å². The Morgan fingerprint density at radius 1 is 1.18 bits per heavy atom. The molecule has 9 nitrogen and oxygen atoms in total. The normalized spacial score (nSPS) is 15.5. The number of ether oxygens (including phenoxy) is 2. The second-order valence-corrected chi connectivity index (χ2v) is 8.69. The maximum atomic E-state index is 12.8. The fraction of sp³-hybridized carbons (Fsp3) is 0.440. The predicted molar refractivity (Wildman–Crippen MR) is 127 cm³/mol. The Balaban J connectivity index is 1.29. The van der Waals surface area contributed by atoms with Crippen molar-refractivity contribution < 1.29 is 14.3 Å². The van der Waals surface area contributed by atoms with Crippen LogP contribution in [0.25, 0.3) is 17.2 Å². The van der Waals surface area contributed by atoms with Gasteiger partial charge in [0.25, 0.3) is 11.9 Å². The maximum Gasteiger partial charge on any atom is 0.254 e. The van der Waals surface area contributed by atoms with Crippen LogP contribution in [0.2, 0.25) is 0 Å². The summed E-state index contributed by atoms with van der Waals surface area (Å²) in [5.41, 5.74) is 5.59. The molecule has 0 radical (unpaired) electrons. The van der Waals surface area contributed by atoms with Gasteiger partial charge in [-0.2, -0.15) is 5.10 Å². The molecule has 2 aromatic heterocycles. The van der Waals surface area contributed by atoms with Crippen LogP contribution in [0.3, 0.4) is 0 Å². The predicted octanol–water partition coefficient (Wildman–Crippen LogP) is 2.20. The van der Waals surface area contributed by atoms with Gasteiger partial charge in [0.05, 0.1) is 43.5 Å². The lowest BCUT2D eigenvalue weighted by Gasteiger charge is -2.26. The third kappa shape index (κ3) is 4.53. The van der Waals surface area contributed by atoms with Gasteiger partial charge in [-0.25, -0.2) is 14.6 Å². The fourth-order valence-corrected chi connectivity index (χ4v) is 4.58. The number of morpholine rings is 1. The van der Waals surface area contributed by atoms with Gasteiger partial charge in [-0.05, 0) is 62.1 Å². The van der Waals surface area contributed by atoms with Crippen LogP contribution in [0.5, 0.6) is 5.75 Å². The van der Waals surface area contributed by atoms with E-state index in [9.17, 15) is 4.79 Å². The Kier molecular flexibility index (Phi) is 6.55. The van der Waals surface area contributed by atoms with Gasteiger partial charge in [0.2, 0.25) is 0 Å². The molecule has 5 rings (SSSR count). The molecule has 0 spiro atoms. The van der Waals surface area contributed by atoms with Gasteiger partial charge < -0.3 is 14.8 Å². The molecule has 9 heteroatoms. The molecule has 34 heavy (non-hydrogen) atoms. The third-order valence-electron chi connectivity index (χ3n) is 6.57. The highest BCUT2D eigenvalue weighted by Gasteiger charge is 2.22. The number of amides is 1. The van der Waals surface area contributed by atoms with Crippen LogP contribution in [-0.2, 0) is 17.6 Å². The van der Waals surface area contributed by atoms with Crippen LogP contribution >= 0.6 is 0 Å². The molecule has 0 atom stereocenters. The number of hydrogen-bond acceptors (Lipinski definition) is 7. The SMILES string of the molecule is COc1ccc2c(c1)CCc1cnc(-n3ncc(C(=O)NCCCN4CCOCC4)c3C)nc1-2. The van der Waals surface area contributed by atoms with E-state index in [0.29, 0.717) is 18.1 Å². The van der Waals surface area contributed by atoms with Crippen molar-refractivity contribution in [1.82, 2.24) is 30.0 Å². The average molecular weight is 463 g/mol. The number of nitrogens with one attached hydrogen (secondary N) is 1. The van der Waals surface area contributed by atoms with Gasteiger partial charge in [-0.3, -0.25) is 9.69 Å². The molecule has 2 aliphatic rings. The fourth-order valence-electron chi connectivity index (χ4n) is 4.58. The summed E-state index contributed by atoms with van der Waals surface area (Å²) < 4.78 is 12.4. The molecule has 178 valence electrons. The minimum Gasteiger partial charge on any atom is -0.497 e. The third-order valence-corrected chi connectivity index (χ3v) is 6.57. The first-order valence-corrected chi connectivity index (χ1v) is 11.8. The van der Waals surface area contributed by atoms with Gasteiger partial charge in [0.15, 0.2) is 0 Å². The first-order chi connectivity index (χ1) is 16.6. The van der Waals surface area contributed by atoms with Crippen molar-refractivity contribution >= 4 is 5.91 Å². The van der Waals surface area contributed by atoms with E-state index in [1.165, 1.54) is 5.56 Å². The summed E-state index contributed by atoms with van der Waals surface area (Å²) >= 11 is 0. The van der Waals surface area contributed by atoms with E-state index in [1.807, 2.05) is 19.2 Å². The van der Waals surface area contributed by atoms with E-state index in [4.69, 9.17) is 14.5 Å². The number of rotatable bonds is 7. The van der Waals surface area contributed by atoms with Crippen LogP contribution in [0.4, 0.5) is 0 Å². The summed E-state index contributed by atoms with van der Waals surface area (Å²) in [6, 6.07) is 6.08. The van der Waals surface area contributed by atoms with Gasteiger partial charge in [-0.15, -0.1) is 0 Å². The molecule has 1 amide bonds. The number of aromatic nitrogens is 4. The Hall–Kier alpha value is -3.30. The highest BCUT2D eigenvalue weighted by atomic mass is 16.5. The molecule has 1 fully saturated rings. The summed E-state index contributed by atoms with van der Waals surface area (Å²) in [6.07, 6.45) is 6.17. The second-order valence-electron chi connectivity index (χ2n) is 8.69. The highest BCUT2D eigenvalue weighted by Crippen LogP contribution is 2.34. The molecule has 0 bridgehead atoms. The van der Waals surface area contributed by atoms with Crippen molar-refractivity contribution in [1.29, 1.82) is 0 Å². The average Bonchev–Trinajstić information content (AvgIpc) is 3.27. The van der Waals surface area contributed by atoms with Crippen molar-refractivity contribution in [2.45, 2.75) is 26.2 Å². The summed E-state index contributed by atoms with van der Waals surface area (Å²) in [5.74, 6) is 1.19. The van der Waals surface area contributed by atoms with E-state index in [-0.39, 0.29) is 5.91 Å². The van der Waals surface area contributed by atoms with Crippen LogP contribution in [-0.4, -0.2) is 77.1 Å². The molecular formula is C25H30N6O3. The summed E-state index contributed by atoms with van der Waals surface area (Å²) in [7, 11) is 1.68. The van der Waals surface area contributed by atoms with Gasteiger partial charge >= 0.3 is 0 Å². The van der Waals surface area contributed by atoms with Crippen LogP contribution < -0.4 is 10.1 Å². The van der Waals surface area contributed by atoms with Crippen molar-refractivity contribution in [3.8, 4) is 23.0 Å². The standard InChI is InChI=1S/C25H30N6O3/c1-17-22(24(32)26-8-3-9-30-10-12-34-13-11-30)16-28-31(17)25-27-15-19-5-4-18-14-20(33-2)6-7-21(18)23(19)29-25/h6-7,14-16H,3-5,8-13H2,1-2H3,(H,26,32). The number of hydrogen-bond donors (Lipinski definition) is 1. The molecule has 1 aliphatic heterocycles. The van der Waals surface area contributed by atoms with E-state index in [2.05, 4.69) is 32.4 Å². The number of carbonyl (C=O) groups excluding carboxylic acids is 1.